The van der Waals surface area contributed by atoms with Crippen LogP contribution in [-0.2, 0) is 8.85 Å². The molecule has 2 aliphatic carbocycles. The van der Waals surface area contributed by atoms with Crippen molar-refractivity contribution in [3.05, 3.63) is 48.6 Å². The second kappa shape index (κ2) is 5.62. The quantitative estimate of drug-likeness (QED) is 0.670. The highest BCUT2D eigenvalue weighted by molar-refractivity contribution is 6.72. The van der Waals surface area contributed by atoms with Crippen molar-refractivity contribution in [3.63, 3.8) is 0 Å². The van der Waals surface area contributed by atoms with E-state index in [0.717, 1.165) is 0 Å². The average molecular weight is 248 g/mol. The van der Waals surface area contributed by atoms with Gasteiger partial charge in [-0.2, -0.15) is 0 Å². The van der Waals surface area contributed by atoms with Gasteiger partial charge in [-0.1, -0.05) is 48.6 Å². The zero-order chi connectivity index (χ0) is 12.1. The fourth-order valence-electron chi connectivity index (χ4n) is 2.50. The molecule has 17 heavy (non-hydrogen) atoms. The highest BCUT2D eigenvalue weighted by Gasteiger charge is 2.49. The summed E-state index contributed by atoms with van der Waals surface area (Å²) in [6.07, 6.45) is 17.2. The SMILES string of the molecule is CCO[Si](OCC)(C1C=CC=C1)C1C=CC=C1. The maximum atomic E-state index is 6.15. The second-order valence-electron chi connectivity index (χ2n) is 4.18. The molecule has 92 valence electrons. The molecule has 0 fully saturated rings. The second-order valence-corrected chi connectivity index (χ2v) is 7.53. The molecule has 0 heterocycles. The summed E-state index contributed by atoms with van der Waals surface area (Å²) in [7, 11) is -2.28. The first-order valence-electron chi connectivity index (χ1n) is 6.31. The van der Waals surface area contributed by atoms with E-state index in [1.165, 1.54) is 0 Å². The summed E-state index contributed by atoms with van der Waals surface area (Å²) in [5, 5.41) is 0. The van der Waals surface area contributed by atoms with E-state index >= 15 is 0 Å². The summed E-state index contributed by atoms with van der Waals surface area (Å²) in [6.45, 7) is 5.52. The van der Waals surface area contributed by atoms with Crippen LogP contribution in [0.4, 0.5) is 0 Å². The van der Waals surface area contributed by atoms with Gasteiger partial charge in [-0.05, 0) is 13.8 Å². The van der Waals surface area contributed by atoms with Crippen molar-refractivity contribution < 1.29 is 8.85 Å². The Kier molecular flexibility index (Phi) is 4.15. The fourth-order valence-corrected chi connectivity index (χ4v) is 6.22. The van der Waals surface area contributed by atoms with E-state index in [1.54, 1.807) is 0 Å². The zero-order valence-electron chi connectivity index (χ0n) is 10.5. The molecular formula is C14H20O2Si. The third-order valence-electron chi connectivity index (χ3n) is 3.17. The lowest BCUT2D eigenvalue weighted by Gasteiger charge is -2.36. The molecule has 0 aliphatic heterocycles. The lowest BCUT2D eigenvalue weighted by molar-refractivity contribution is 0.178. The van der Waals surface area contributed by atoms with Gasteiger partial charge in [0.25, 0.3) is 0 Å². The van der Waals surface area contributed by atoms with Crippen LogP contribution in [0, 0.1) is 0 Å². The Morgan fingerprint density at radius 1 is 0.765 bits per heavy atom. The number of rotatable bonds is 6. The van der Waals surface area contributed by atoms with E-state index in [2.05, 4.69) is 48.6 Å². The van der Waals surface area contributed by atoms with Gasteiger partial charge in [0.2, 0.25) is 0 Å². The van der Waals surface area contributed by atoms with Crippen LogP contribution in [0.5, 0.6) is 0 Å². The summed E-state index contributed by atoms with van der Waals surface area (Å²) in [5.74, 6) is 0. The van der Waals surface area contributed by atoms with Crippen molar-refractivity contribution in [1.29, 1.82) is 0 Å². The van der Waals surface area contributed by atoms with Gasteiger partial charge in [0, 0.05) is 24.3 Å². The summed E-state index contributed by atoms with van der Waals surface area (Å²) in [4.78, 5) is 0. The minimum Gasteiger partial charge on any atom is -0.393 e. The van der Waals surface area contributed by atoms with E-state index < -0.39 is 8.56 Å². The third kappa shape index (κ3) is 2.36. The van der Waals surface area contributed by atoms with Crippen LogP contribution in [0.3, 0.4) is 0 Å². The first kappa shape index (κ1) is 12.6. The molecule has 0 bridgehead atoms. The van der Waals surface area contributed by atoms with Crippen LogP contribution in [-0.4, -0.2) is 21.8 Å². The molecule has 0 aromatic heterocycles. The Labute approximate surface area is 105 Å². The topological polar surface area (TPSA) is 18.5 Å². The minimum absolute atomic E-state index is 0.319. The van der Waals surface area contributed by atoms with Gasteiger partial charge in [-0.15, -0.1) is 0 Å². The van der Waals surface area contributed by atoms with Crippen LogP contribution in [0.1, 0.15) is 13.8 Å². The number of allylic oxidation sites excluding steroid dienone is 8. The highest BCUT2D eigenvalue weighted by Crippen LogP contribution is 2.42. The first-order valence-corrected chi connectivity index (χ1v) is 8.28. The normalized spacial score (nSPS) is 19.9. The summed E-state index contributed by atoms with van der Waals surface area (Å²) in [5.41, 5.74) is 0.639. The van der Waals surface area contributed by atoms with E-state index in [-0.39, 0.29) is 0 Å². The predicted molar refractivity (Wildman–Crippen MR) is 73.1 cm³/mol. The summed E-state index contributed by atoms with van der Waals surface area (Å²) < 4.78 is 12.3. The first-order chi connectivity index (χ1) is 8.33. The van der Waals surface area contributed by atoms with Gasteiger partial charge in [0.1, 0.15) is 0 Å². The molecule has 0 amide bonds. The summed E-state index contributed by atoms with van der Waals surface area (Å²) in [6, 6.07) is 0. The van der Waals surface area contributed by atoms with Gasteiger partial charge >= 0.3 is 8.56 Å². The lowest BCUT2D eigenvalue weighted by Crippen LogP contribution is -2.49. The largest absolute Gasteiger partial charge is 0.393 e. The monoisotopic (exact) mass is 248 g/mol. The van der Waals surface area contributed by atoms with Crippen molar-refractivity contribution in [2.24, 2.45) is 0 Å². The smallest absolute Gasteiger partial charge is 0.360 e. The van der Waals surface area contributed by atoms with Crippen molar-refractivity contribution in [2.75, 3.05) is 13.2 Å². The molecule has 0 aromatic rings. The van der Waals surface area contributed by atoms with Crippen LogP contribution < -0.4 is 0 Å². The van der Waals surface area contributed by atoms with Crippen molar-refractivity contribution in [1.82, 2.24) is 0 Å². The molecule has 0 aromatic carbocycles. The maximum absolute atomic E-state index is 6.15. The molecule has 0 saturated carbocycles. The van der Waals surface area contributed by atoms with Crippen LogP contribution >= 0.6 is 0 Å². The Morgan fingerprint density at radius 3 is 1.41 bits per heavy atom. The van der Waals surface area contributed by atoms with Crippen molar-refractivity contribution >= 4 is 8.56 Å². The molecular weight excluding hydrogens is 228 g/mol. The molecule has 2 rings (SSSR count). The lowest BCUT2D eigenvalue weighted by atomic mass is 10.4. The Bertz CT molecular complexity index is 308. The average Bonchev–Trinajstić information content (AvgIpc) is 3.02. The molecule has 0 spiro atoms. The molecule has 0 atom stereocenters. The van der Waals surface area contributed by atoms with Crippen LogP contribution in [0.15, 0.2) is 48.6 Å². The van der Waals surface area contributed by atoms with Gasteiger partial charge in [0.15, 0.2) is 0 Å². The van der Waals surface area contributed by atoms with Crippen LogP contribution in [0.2, 0.25) is 11.1 Å². The van der Waals surface area contributed by atoms with Gasteiger partial charge < -0.3 is 8.85 Å². The van der Waals surface area contributed by atoms with Crippen molar-refractivity contribution in [2.45, 2.75) is 24.9 Å². The number of hydrogen-bond acceptors (Lipinski definition) is 2. The molecule has 0 radical (unpaired) electrons. The molecule has 3 heteroatoms. The van der Waals surface area contributed by atoms with E-state index in [9.17, 15) is 0 Å². The maximum Gasteiger partial charge on any atom is 0.360 e. The molecule has 0 N–H and O–H groups in total. The zero-order valence-corrected chi connectivity index (χ0v) is 11.5. The molecule has 2 nitrogen and oxygen atoms in total. The predicted octanol–water partition coefficient (Wildman–Crippen LogP) is 3.49. The standard InChI is InChI=1S/C14H20O2Si/c1-3-15-17(16-4-2,13-9-5-6-10-13)14-11-7-8-12-14/h5-14H,3-4H2,1-2H3. The van der Waals surface area contributed by atoms with Crippen LogP contribution in [0.25, 0.3) is 0 Å². The molecule has 0 unspecified atom stereocenters. The molecule has 0 saturated heterocycles. The minimum atomic E-state index is -2.28. The number of hydrogen-bond donors (Lipinski definition) is 0. The Balaban J connectivity index is 2.30. The van der Waals surface area contributed by atoms with E-state index in [1.807, 2.05) is 13.8 Å². The summed E-state index contributed by atoms with van der Waals surface area (Å²) >= 11 is 0. The van der Waals surface area contributed by atoms with Crippen molar-refractivity contribution in [3.8, 4) is 0 Å². The van der Waals surface area contributed by atoms with E-state index in [0.29, 0.717) is 24.3 Å². The highest BCUT2D eigenvalue weighted by atomic mass is 28.4. The van der Waals surface area contributed by atoms with Gasteiger partial charge in [-0.3, -0.25) is 0 Å². The third-order valence-corrected chi connectivity index (χ3v) is 7.27. The molecule has 2 aliphatic rings. The van der Waals surface area contributed by atoms with E-state index in [4.69, 9.17) is 8.85 Å². The van der Waals surface area contributed by atoms with Gasteiger partial charge in [0.05, 0.1) is 0 Å². The Hall–Kier alpha value is -0.903. The Morgan fingerprint density at radius 2 is 1.12 bits per heavy atom. The fraction of sp³-hybridized carbons (Fsp3) is 0.429. The van der Waals surface area contributed by atoms with Gasteiger partial charge in [-0.25, -0.2) is 0 Å².